The summed E-state index contributed by atoms with van der Waals surface area (Å²) in [6.07, 6.45) is 5.63. The van der Waals surface area contributed by atoms with E-state index in [-0.39, 0.29) is 53.6 Å². The van der Waals surface area contributed by atoms with Gasteiger partial charge in [-0.05, 0) is 60.3 Å². The van der Waals surface area contributed by atoms with Crippen LogP contribution in [-0.2, 0) is 6.42 Å². The number of halogens is 3. The van der Waals surface area contributed by atoms with E-state index in [4.69, 9.17) is 4.74 Å². The predicted molar refractivity (Wildman–Crippen MR) is 172 cm³/mol. The second-order valence-corrected chi connectivity index (χ2v) is 12.3. The number of aromatic nitrogens is 6. The number of rotatable bonds is 9. The number of anilines is 1. The average Bonchev–Trinajstić information content (AvgIpc) is 3.81. The van der Waals surface area contributed by atoms with Crippen molar-refractivity contribution < 1.29 is 27.8 Å². The molecule has 2 aliphatic rings. The first-order chi connectivity index (χ1) is 23.2. The Balaban J connectivity index is 1.29. The van der Waals surface area contributed by atoms with Crippen molar-refractivity contribution in [3.05, 3.63) is 60.1 Å². The van der Waals surface area contributed by atoms with Gasteiger partial charge in [-0.1, -0.05) is 18.2 Å². The van der Waals surface area contributed by atoms with Gasteiger partial charge >= 0.3 is 12.0 Å². The highest BCUT2D eigenvalue weighted by molar-refractivity contribution is 6.01. The van der Waals surface area contributed by atoms with Crippen LogP contribution in [0.15, 0.2) is 42.9 Å². The number of benzene rings is 2. The standard InChI is InChI=1S/C33H34F3N9O3/c1-3-22-25(35)6-5-19-13-21(46)14-23(26(19)22)28-27(36)29-24(16-38-28)30(43(2)11-8-37-32(47)45-12-9-39-42-45)41-31(40-29)48-18-33-7-4-10-44(33)17-20(34)15-33/h5-6,9,12-14,16,20,46H,3-4,7-8,10-11,15,17-18H2,1-2H3,(H,37,47)/t20-,33+/m1/s1. The van der Waals surface area contributed by atoms with Crippen LogP contribution in [0.5, 0.6) is 11.8 Å². The third kappa shape index (κ3) is 5.61. The van der Waals surface area contributed by atoms with E-state index < -0.39 is 29.4 Å². The summed E-state index contributed by atoms with van der Waals surface area (Å²) in [5, 5.41) is 21.8. The molecule has 0 unspecified atom stereocenters. The molecule has 1 amide bonds. The Morgan fingerprint density at radius 2 is 2.10 bits per heavy atom. The maximum Gasteiger partial charge on any atom is 0.343 e. The van der Waals surface area contributed by atoms with Crippen LogP contribution in [0.3, 0.4) is 0 Å². The highest BCUT2D eigenvalue weighted by Gasteiger charge is 2.49. The Hall–Kier alpha value is -5.05. The summed E-state index contributed by atoms with van der Waals surface area (Å²) in [4.78, 5) is 29.8. The van der Waals surface area contributed by atoms with Gasteiger partial charge in [0, 0.05) is 44.9 Å². The highest BCUT2D eigenvalue weighted by Crippen LogP contribution is 2.41. The van der Waals surface area contributed by atoms with Crippen LogP contribution in [0, 0.1) is 11.6 Å². The molecule has 0 aliphatic carbocycles. The number of carbonyl (C=O) groups excluding carboxylic acids is 1. The summed E-state index contributed by atoms with van der Waals surface area (Å²) < 4.78 is 53.4. The SMILES string of the molecule is CCc1c(F)ccc2cc(O)cc(-c3ncc4c(N(C)CCNC(=O)n5ccnn5)nc(OC[C@@]56CCCN5C[C@H](F)C6)nc4c3F)c12. The third-order valence-electron chi connectivity index (χ3n) is 9.35. The number of hydrogen-bond acceptors (Lipinski definition) is 10. The molecule has 0 saturated carbocycles. The van der Waals surface area contributed by atoms with Crippen molar-refractivity contribution in [1.82, 2.24) is 40.2 Å². The molecule has 0 radical (unpaired) electrons. The van der Waals surface area contributed by atoms with Gasteiger partial charge in [0.2, 0.25) is 0 Å². The maximum atomic E-state index is 16.8. The minimum atomic E-state index is -0.957. The van der Waals surface area contributed by atoms with Crippen molar-refractivity contribution in [3.63, 3.8) is 0 Å². The number of nitrogens with zero attached hydrogens (tertiary/aromatic N) is 8. The summed E-state index contributed by atoms with van der Waals surface area (Å²) in [5.74, 6) is -1.09. The number of phenols is 1. The molecule has 5 aromatic rings. The molecule has 2 aromatic carbocycles. The lowest BCUT2D eigenvalue weighted by Crippen LogP contribution is -2.43. The number of hydrogen-bond donors (Lipinski definition) is 2. The minimum absolute atomic E-state index is 0.0972. The third-order valence-corrected chi connectivity index (χ3v) is 9.35. The summed E-state index contributed by atoms with van der Waals surface area (Å²) in [5.41, 5.74) is -0.128. The molecule has 2 aliphatic heterocycles. The first kappa shape index (κ1) is 31.5. The number of ether oxygens (including phenoxy) is 1. The monoisotopic (exact) mass is 661 g/mol. The fourth-order valence-corrected chi connectivity index (χ4v) is 7.08. The van der Waals surface area contributed by atoms with E-state index in [1.807, 2.05) is 0 Å². The molecule has 0 spiro atoms. The van der Waals surface area contributed by atoms with E-state index in [9.17, 15) is 18.7 Å². The average molecular weight is 662 g/mol. The van der Waals surface area contributed by atoms with Crippen molar-refractivity contribution in [2.75, 3.05) is 44.7 Å². The topological polar surface area (TPSA) is 134 Å². The summed E-state index contributed by atoms with van der Waals surface area (Å²) in [7, 11) is 1.72. The molecule has 7 rings (SSSR count). The number of alkyl halides is 1. The Morgan fingerprint density at radius 1 is 1.25 bits per heavy atom. The van der Waals surface area contributed by atoms with Crippen LogP contribution in [0.4, 0.5) is 23.8 Å². The normalized spacial score (nSPS) is 19.2. The van der Waals surface area contributed by atoms with Crippen LogP contribution < -0.4 is 15.0 Å². The Morgan fingerprint density at radius 3 is 2.90 bits per heavy atom. The zero-order valence-electron chi connectivity index (χ0n) is 26.5. The fraction of sp³-hybridized carbons (Fsp3) is 0.394. The summed E-state index contributed by atoms with van der Waals surface area (Å²) in [6, 6.07) is 5.14. The van der Waals surface area contributed by atoms with Crippen molar-refractivity contribution in [2.24, 2.45) is 0 Å². The molecule has 12 nitrogen and oxygen atoms in total. The second kappa shape index (κ2) is 12.5. The van der Waals surface area contributed by atoms with E-state index in [0.717, 1.165) is 24.1 Å². The zero-order valence-corrected chi connectivity index (χ0v) is 26.5. The molecule has 250 valence electrons. The Bertz CT molecular complexity index is 2010. The lowest BCUT2D eigenvalue weighted by molar-refractivity contribution is 0.107. The van der Waals surface area contributed by atoms with Crippen molar-refractivity contribution in [2.45, 2.75) is 44.3 Å². The molecule has 2 atom stereocenters. The second-order valence-electron chi connectivity index (χ2n) is 12.3. The van der Waals surface area contributed by atoms with Gasteiger partial charge in [-0.25, -0.2) is 18.0 Å². The van der Waals surface area contributed by atoms with E-state index in [2.05, 4.69) is 35.5 Å². The first-order valence-corrected chi connectivity index (χ1v) is 15.9. The van der Waals surface area contributed by atoms with Crippen molar-refractivity contribution >= 4 is 33.5 Å². The molecular formula is C33H34F3N9O3. The van der Waals surface area contributed by atoms with E-state index in [0.29, 0.717) is 41.5 Å². The van der Waals surface area contributed by atoms with Gasteiger partial charge in [-0.15, -0.1) is 5.10 Å². The molecule has 48 heavy (non-hydrogen) atoms. The van der Waals surface area contributed by atoms with Crippen LogP contribution in [-0.4, -0.2) is 97.5 Å². The molecule has 2 saturated heterocycles. The summed E-state index contributed by atoms with van der Waals surface area (Å²) in [6.45, 7) is 3.49. The van der Waals surface area contributed by atoms with Crippen LogP contribution in [0.1, 0.15) is 31.7 Å². The smallest absolute Gasteiger partial charge is 0.343 e. The number of fused-ring (bicyclic) bond motifs is 3. The van der Waals surface area contributed by atoms with Gasteiger partial charge in [0.05, 0.1) is 23.3 Å². The van der Waals surface area contributed by atoms with Crippen LogP contribution >= 0.6 is 0 Å². The minimum Gasteiger partial charge on any atom is -0.508 e. The predicted octanol–water partition coefficient (Wildman–Crippen LogP) is 4.63. The van der Waals surface area contributed by atoms with Gasteiger partial charge in [0.25, 0.3) is 0 Å². The van der Waals surface area contributed by atoms with Gasteiger partial charge < -0.3 is 20.1 Å². The number of aryl methyl sites for hydroxylation is 1. The maximum absolute atomic E-state index is 16.8. The number of carbonyl (C=O) groups is 1. The van der Waals surface area contributed by atoms with Crippen LogP contribution in [0.25, 0.3) is 32.9 Å². The number of phenolic OH excluding ortho intramolecular Hbond substituents is 1. The molecule has 3 aromatic heterocycles. The van der Waals surface area contributed by atoms with Gasteiger partial charge in [0.1, 0.15) is 41.4 Å². The molecule has 2 N–H and O–H groups in total. The number of nitrogens with one attached hydrogen (secondary N) is 1. The van der Waals surface area contributed by atoms with E-state index in [1.165, 1.54) is 42.9 Å². The van der Waals surface area contributed by atoms with E-state index >= 15 is 4.39 Å². The Kier molecular flexibility index (Phi) is 8.23. The highest BCUT2D eigenvalue weighted by atomic mass is 19.1. The van der Waals surface area contributed by atoms with Gasteiger partial charge in [0.15, 0.2) is 5.82 Å². The Labute approximate surface area is 273 Å². The molecule has 2 fully saturated rings. The van der Waals surface area contributed by atoms with Gasteiger partial charge in [-0.3, -0.25) is 9.88 Å². The van der Waals surface area contributed by atoms with Crippen molar-refractivity contribution in [1.29, 1.82) is 0 Å². The largest absolute Gasteiger partial charge is 0.508 e. The van der Waals surface area contributed by atoms with Gasteiger partial charge in [-0.2, -0.15) is 14.6 Å². The molecule has 0 bridgehead atoms. The lowest BCUT2D eigenvalue weighted by Gasteiger charge is -2.31. The van der Waals surface area contributed by atoms with Crippen molar-refractivity contribution in [3.8, 4) is 23.0 Å². The number of amides is 1. The first-order valence-electron chi connectivity index (χ1n) is 15.9. The summed E-state index contributed by atoms with van der Waals surface area (Å²) >= 11 is 0. The molecule has 15 heteroatoms. The molecule has 5 heterocycles. The zero-order chi connectivity index (χ0) is 33.6. The van der Waals surface area contributed by atoms with E-state index in [1.54, 1.807) is 18.9 Å². The number of aromatic hydroxyl groups is 1. The molecular weight excluding hydrogens is 627 g/mol. The number of pyridine rings is 1. The number of likely N-dealkylation sites (N-methyl/N-ethyl adjacent to an activating group) is 1. The quantitative estimate of drug-likeness (QED) is 0.230. The lowest BCUT2D eigenvalue weighted by atomic mass is 9.94. The van der Waals surface area contributed by atoms with Crippen LogP contribution in [0.2, 0.25) is 0 Å². The fourth-order valence-electron chi connectivity index (χ4n) is 7.08.